The highest BCUT2D eigenvalue weighted by molar-refractivity contribution is 6.08. The monoisotopic (exact) mass is 166 g/mol. The van der Waals surface area contributed by atoms with E-state index in [1.54, 1.807) is 25.2 Å². The van der Waals surface area contributed by atoms with Crippen LogP contribution in [-0.4, -0.2) is 11.6 Å². The highest BCUT2D eigenvalue weighted by atomic mass is 16.1. The van der Waals surface area contributed by atoms with Crippen LogP contribution < -0.4 is 0 Å². The fourth-order valence-corrected chi connectivity index (χ4v) is 0.858. The molecular formula is C10H14O2. The van der Waals surface area contributed by atoms with Gasteiger partial charge in [-0.15, -0.1) is 0 Å². The largest absolute Gasteiger partial charge is 0.300 e. The van der Waals surface area contributed by atoms with Gasteiger partial charge in [0.25, 0.3) is 0 Å². The van der Waals surface area contributed by atoms with Gasteiger partial charge in [0.15, 0.2) is 5.78 Å². The second-order valence-corrected chi connectivity index (χ2v) is 2.55. The molecule has 0 atom stereocenters. The molecule has 0 aromatic rings. The van der Waals surface area contributed by atoms with Gasteiger partial charge in [-0.1, -0.05) is 18.2 Å². The lowest BCUT2D eigenvalue weighted by molar-refractivity contribution is -0.123. The number of ketones is 2. The molecule has 0 aromatic heterocycles. The number of Topliss-reactive ketones (excluding diaryl/α,β-unsaturated/α-hetero) is 2. The zero-order chi connectivity index (χ0) is 9.56. The molecule has 0 N–H and O–H groups in total. The van der Waals surface area contributed by atoms with Crippen LogP contribution in [0.5, 0.6) is 0 Å². The van der Waals surface area contributed by atoms with E-state index in [0.717, 1.165) is 0 Å². The van der Waals surface area contributed by atoms with E-state index in [1.165, 1.54) is 6.92 Å². The Kier molecular flexibility index (Phi) is 4.93. The Balaban J connectivity index is 4.34. The van der Waals surface area contributed by atoms with Gasteiger partial charge < -0.3 is 0 Å². The molecule has 0 radical (unpaired) electrons. The summed E-state index contributed by atoms with van der Waals surface area (Å²) in [5.74, 6) is -0.202. The summed E-state index contributed by atoms with van der Waals surface area (Å²) < 4.78 is 0. The molecule has 2 heteroatoms. The summed E-state index contributed by atoms with van der Waals surface area (Å²) in [4.78, 5) is 21.8. The van der Waals surface area contributed by atoms with Crippen LogP contribution in [0.3, 0.4) is 0 Å². The van der Waals surface area contributed by atoms with E-state index in [-0.39, 0.29) is 18.0 Å². The van der Waals surface area contributed by atoms with E-state index >= 15 is 0 Å². The first-order valence-electron chi connectivity index (χ1n) is 3.93. The summed E-state index contributed by atoms with van der Waals surface area (Å²) in [6.07, 6.45) is 5.22. The van der Waals surface area contributed by atoms with Crippen molar-refractivity contribution in [2.24, 2.45) is 0 Å². The number of allylic oxidation sites excluding steroid dienone is 4. The first-order valence-corrected chi connectivity index (χ1v) is 3.93. The average Bonchev–Trinajstić information content (AvgIpc) is 1.98. The normalized spacial score (nSPS) is 12.1. The van der Waals surface area contributed by atoms with Gasteiger partial charge in [0.2, 0.25) is 0 Å². The quantitative estimate of drug-likeness (QED) is 0.364. The van der Waals surface area contributed by atoms with Crippen LogP contribution in [0, 0.1) is 0 Å². The topological polar surface area (TPSA) is 34.1 Å². The molecule has 66 valence electrons. The van der Waals surface area contributed by atoms with Crippen molar-refractivity contribution in [2.75, 3.05) is 0 Å². The van der Waals surface area contributed by atoms with Crippen molar-refractivity contribution in [2.45, 2.75) is 27.2 Å². The predicted octanol–water partition coefficient (Wildman–Crippen LogP) is 2.06. The summed E-state index contributed by atoms with van der Waals surface area (Å²) in [6, 6.07) is 0. The molecule has 0 bridgehead atoms. The van der Waals surface area contributed by atoms with E-state index < -0.39 is 0 Å². The summed E-state index contributed by atoms with van der Waals surface area (Å²) >= 11 is 0. The van der Waals surface area contributed by atoms with Crippen LogP contribution >= 0.6 is 0 Å². The van der Waals surface area contributed by atoms with Gasteiger partial charge in [-0.3, -0.25) is 9.59 Å². The molecule has 0 spiro atoms. The molecule has 0 heterocycles. The molecule has 0 aliphatic heterocycles. The van der Waals surface area contributed by atoms with Crippen molar-refractivity contribution < 1.29 is 9.59 Å². The SMILES string of the molecule is C/C=C\C(=C/C)C(=O)CC(C)=O. The molecular weight excluding hydrogens is 152 g/mol. The Bertz CT molecular complexity index is 234. The molecule has 12 heavy (non-hydrogen) atoms. The lowest BCUT2D eigenvalue weighted by Gasteiger charge is -1.96. The standard InChI is InChI=1S/C10H14O2/c1-4-6-9(5-2)10(12)7-8(3)11/h4-6H,7H2,1-3H3/b6-4-,9-5+. The summed E-state index contributed by atoms with van der Waals surface area (Å²) in [7, 11) is 0. The third-order valence-electron chi connectivity index (χ3n) is 1.39. The molecule has 0 saturated heterocycles. The number of carbonyl (C=O) groups excluding carboxylic acids is 2. The summed E-state index contributed by atoms with van der Waals surface area (Å²) in [5, 5.41) is 0. The molecule has 0 saturated carbocycles. The number of carbonyl (C=O) groups is 2. The van der Waals surface area contributed by atoms with Crippen LogP contribution in [0.2, 0.25) is 0 Å². The summed E-state index contributed by atoms with van der Waals surface area (Å²) in [6.45, 7) is 5.04. The lowest BCUT2D eigenvalue weighted by atomic mass is 10.1. The van der Waals surface area contributed by atoms with Gasteiger partial charge >= 0.3 is 0 Å². The van der Waals surface area contributed by atoms with Gasteiger partial charge in [-0.05, 0) is 20.8 Å². The van der Waals surface area contributed by atoms with Crippen molar-refractivity contribution in [3.8, 4) is 0 Å². The van der Waals surface area contributed by atoms with Crippen molar-refractivity contribution in [1.82, 2.24) is 0 Å². The zero-order valence-electron chi connectivity index (χ0n) is 7.76. The van der Waals surface area contributed by atoms with E-state index in [4.69, 9.17) is 0 Å². The van der Waals surface area contributed by atoms with E-state index in [0.29, 0.717) is 5.57 Å². The Labute approximate surface area is 73.0 Å². The molecule has 0 rings (SSSR count). The van der Waals surface area contributed by atoms with E-state index in [9.17, 15) is 9.59 Å². The maximum Gasteiger partial charge on any atom is 0.169 e. The highest BCUT2D eigenvalue weighted by Gasteiger charge is 2.07. The minimum atomic E-state index is -0.108. The average molecular weight is 166 g/mol. The first kappa shape index (κ1) is 10.8. The van der Waals surface area contributed by atoms with Gasteiger partial charge in [0.05, 0.1) is 6.42 Å². The second-order valence-electron chi connectivity index (χ2n) is 2.55. The predicted molar refractivity (Wildman–Crippen MR) is 48.9 cm³/mol. The van der Waals surface area contributed by atoms with Crippen molar-refractivity contribution in [3.05, 3.63) is 23.8 Å². The molecule has 0 aliphatic carbocycles. The fourth-order valence-electron chi connectivity index (χ4n) is 0.858. The lowest BCUT2D eigenvalue weighted by Crippen LogP contribution is -2.05. The molecule has 0 amide bonds. The molecule has 0 fully saturated rings. The third-order valence-corrected chi connectivity index (χ3v) is 1.39. The van der Waals surface area contributed by atoms with Gasteiger partial charge in [-0.25, -0.2) is 0 Å². The van der Waals surface area contributed by atoms with Crippen LogP contribution in [0.25, 0.3) is 0 Å². The number of rotatable bonds is 4. The maximum absolute atomic E-state index is 11.2. The Hall–Kier alpha value is -1.18. The van der Waals surface area contributed by atoms with E-state index in [1.807, 2.05) is 6.92 Å². The van der Waals surface area contributed by atoms with Crippen LogP contribution in [-0.2, 0) is 9.59 Å². The first-order chi connectivity index (χ1) is 5.61. The minimum absolute atomic E-state index is 0.00398. The highest BCUT2D eigenvalue weighted by Crippen LogP contribution is 2.02. The number of hydrogen-bond acceptors (Lipinski definition) is 2. The molecule has 0 aromatic carbocycles. The smallest absolute Gasteiger partial charge is 0.169 e. The van der Waals surface area contributed by atoms with Gasteiger partial charge in [0.1, 0.15) is 5.78 Å². The van der Waals surface area contributed by atoms with Crippen LogP contribution in [0.15, 0.2) is 23.8 Å². The minimum Gasteiger partial charge on any atom is -0.300 e. The third kappa shape index (κ3) is 3.86. The zero-order valence-corrected chi connectivity index (χ0v) is 7.76. The number of hydrogen-bond donors (Lipinski definition) is 0. The molecule has 0 aliphatic rings. The fraction of sp³-hybridized carbons (Fsp3) is 0.400. The second kappa shape index (κ2) is 5.47. The summed E-state index contributed by atoms with van der Waals surface area (Å²) in [5.41, 5.74) is 0.604. The van der Waals surface area contributed by atoms with Crippen LogP contribution in [0.1, 0.15) is 27.2 Å². The molecule has 0 unspecified atom stereocenters. The Morgan fingerprint density at radius 2 is 1.83 bits per heavy atom. The molecule has 2 nitrogen and oxygen atoms in total. The maximum atomic E-state index is 11.2. The Morgan fingerprint density at radius 1 is 1.25 bits per heavy atom. The van der Waals surface area contributed by atoms with Crippen molar-refractivity contribution in [1.29, 1.82) is 0 Å². The van der Waals surface area contributed by atoms with Crippen molar-refractivity contribution >= 4 is 11.6 Å². The van der Waals surface area contributed by atoms with Crippen molar-refractivity contribution in [3.63, 3.8) is 0 Å². The van der Waals surface area contributed by atoms with Gasteiger partial charge in [0, 0.05) is 5.57 Å². The van der Waals surface area contributed by atoms with E-state index in [2.05, 4.69) is 0 Å². The van der Waals surface area contributed by atoms with Crippen LogP contribution in [0.4, 0.5) is 0 Å². The van der Waals surface area contributed by atoms with Gasteiger partial charge in [-0.2, -0.15) is 0 Å². The Morgan fingerprint density at radius 3 is 2.17 bits per heavy atom.